The Kier molecular flexibility index (Phi) is 1.69. The average Bonchev–Trinajstić information content (AvgIpc) is 2.50. The van der Waals surface area contributed by atoms with Gasteiger partial charge in [-0.25, -0.2) is 9.97 Å². The van der Waals surface area contributed by atoms with Crippen LogP contribution in [0.4, 0.5) is 5.82 Å². The van der Waals surface area contributed by atoms with E-state index in [-0.39, 0.29) is 0 Å². The van der Waals surface area contributed by atoms with Crippen molar-refractivity contribution in [1.29, 1.82) is 0 Å². The van der Waals surface area contributed by atoms with E-state index in [0.29, 0.717) is 0 Å². The molecule has 2 heterocycles. The normalized spacial score (nSPS) is 10.5. The molecular formula is C8H9N3S. The van der Waals surface area contributed by atoms with Crippen LogP contribution in [0, 0.1) is 6.92 Å². The lowest BCUT2D eigenvalue weighted by Crippen LogP contribution is -1.95. The Labute approximate surface area is 74.5 Å². The molecule has 0 saturated carbocycles. The minimum Gasteiger partial charge on any atom is -0.372 e. The average molecular weight is 179 g/mol. The van der Waals surface area contributed by atoms with Gasteiger partial charge in [-0.05, 0) is 18.4 Å². The van der Waals surface area contributed by atoms with E-state index in [1.165, 1.54) is 0 Å². The number of fused-ring (bicyclic) bond motifs is 1. The fourth-order valence-electron chi connectivity index (χ4n) is 1.15. The number of aromatic nitrogens is 2. The molecular weight excluding hydrogens is 170 g/mol. The summed E-state index contributed by atoms with van der Waals surface area (Å²) in [5.41, 5.74) is 1.02. The molecule has 1 N–H and O–H groups in total. The minimum absolute atomic E-state index is 0.810. The van der Waals surface area contributed by atoms with Crippen LogP contribution in [0.3, 0.4) is 0 Å². The van der Waals surface area contributed by atoms with Crippen LogP contribution in [0.1, 0.15) is 5.82 Å². The number of thiophene rings is 1. The first kappa shape index (κ1) is 7.49. The lowest BCUT2D eigenvalue weighted by Gasteiger charge is -2.00. The molecule has 2 rings (SSSR count). The third-order valence-corrected chi connectivity index (χ3v) is 2.56. The van der Waals surface area contributed by atoms with Crippen molar-refractivity contribution < 1.29 is 0 Å². The van der Waals surface area contributed by atoms with Gasteiger partial charge in [0.05, 0.1) is 10.2 Å². The van der Waals surface area contributed by atoms with Crippen molar-refractivity contribution in [2.45, 2.75) is 6.92 Å². The van der Waals surface area contributed by atoms with Gasteiger partial charge in [-0.3, -0.25) is 0 Å². The summed E-state index contributed by atoms with van der Waals surface area (Å²) in [5, 5.41) is 5.08. The molecule has 0 aliphatic heterocycles. The molecule has 0 aliphatic carbocycles. The highest BCUT2D eigenvalue weighted by Crippen LogP contribution is 2.25. The fraction of sp³-hybridized carbons (Fsp3) is 0.250. The number of nitrogens with one attached hydrogen (secondary N) is 1. The van der Waals surface area contributed by atoms with E-state index in [2.05, 4.69) is 15.3 Å². The standard InChI is InChI=1S/C8H9N3S/c1-5-10-6-3-4-12-7(6)8(9-2)11-5/h3-4H,1-2H3,(H,9,10,11). The zero-order valence-electron chi connectivity index (χ0n) is 6.96. The lowest BCUT2D eigenvalue weighted by molar-refractivity contribution is 1.09. The second-order valence-corrected chi connectivity index (χ2v) is 3.42. The van der Waals surface area contributed by atoms with Gasteiger partial charge in [-0.15, -0.1) is 11.3 Å². The summed E-state index contributed by atoms with van der Waals surface area (Å²) in [7, 11) is 1.88. The molecule has 0 unspecified atom stereocenters. The molecule has 3 nitrogen and oxygen atoms in total. The van der Waals surface area contributed by atoms with E-state index in [9.17, 15) is 0 Å². The SMILES string of the molecule is CNc1nc(C)nc2ccsc12. The highest BCUT2D eigenvalue weighted by Gasteiger charge is 2.03. The number of hydrogen-bond donors (Lipinski definition) is 1. The van der Waals surface area contributed by atoms with Crippen LogP contribution in [0.25, 0.3) is 10.2 Å². The first-order valence-corrected chi connectivity index (χ1v) is 4.59. The van der Waals surface area contributed by atoms with E-state index >= 15 is 0 Å². The van der Waals surface area contributed by atoms with Gasteiger partial charge < -0.3 is 5.32 Å². The Morgan fingerprint density at radius 2 is 2.25 bits per heavy atom. The molecule has 0 spiro atoms. The Hall–Kier alpha value is -1.16. The summed E-state index contributed by atoms with van der Waals surface area (Å²) in [6.45, 7) is 1.90. The maximum atomic E-state index is 4.30. The summed E-state index contributed by atoms with van der Waals surface area (Å²) in [5.74, 6) is 1.73. The smallest absolute Gasteiger partial charge is 0.147 e. The topological polar surface area (TPSA) is 37.8 Å². The van der Waals surface area contributed by atoms with Gasteiger partial charge in [-0.2, -0.15) is 0 Å². The van der Waals surface area contributed by atoms with Crippen LogP contribution in [0.2, 0.25) is 0 Å². The van der Waals surface area contributed by atoms with E-state index in [1.54, 1.807) is 11.3 Å². The number of nitrogens with zero attached hydrogens (tertiary/aromatic N) is 2. The summed E-state index contributed by atoms with van der Waals surface area (Å²) < 4.78 is 1.13. The molecule has 0 radical (unpaired) electrons. The first-order valence-electron chi connectivity index (χ1n) is 3.71. The second-order valence-electron chi connectivity index (χ2n) is 2.50. The van der Waals surface area contributed by atoms with Crippen LogP contribution >= 0.6 is 11.3 Å². The van der Waals surface area contributed by atoms with Crippen molar-refractivity contribution >= 4 is 27.4 Å². The van der Waals surface area contributed by atoms with Crippen LogP contribution in [-0.2, 0) is 0 Å². The van der Waals surface area contributed by atoms with Gasteiger partial charge >= 0.3 is 0 Å². The third-order valence-electron chi connectivity index (χ3n) is 1.65. The van der Waals surface area contributed by atoms with Gasteiger partial charge in [0.15, 0.2) is 0 Å². The van der Waals surface area contributed by atoms with Gasteiger partial charge in [0.25, 0.3) is 0 Å². The molecule has 2 aromatic rings. The molecule has 2 aromatic heterocycles. The summed E-state index contributed by atoms with van der Waals surface area (Å²) in [6, 6.07) is 2.01. The second kappa shape index (κ2) is 2.71. The van der Waals surface area contributed by atoms with E-state index in [0.717, 1.165) is 21.9 Å². The maximum Gasteiger partial charge on any atom is 0.147 e. The van der Waals surface area contributed by atoms with Gasteiger partial charge in [0.2, 0.25) is 0 Å². The molecule has 0 bridgehead atoms. The third kappa shape index (κ3) is 1.04. The van der Waals surface area contributed by atoms with E-state index in [4.69, 9.17) is 0 Å². The lowest BCUT2D eigenvalue weighted by atomic mass is 10.4. The van der Waals surface area contributed by atoms with Crippen molar-refractivity contribution in [2.75, 3.05) is 12.4 Å². The Bertz CT molecular complexity index is 408. The molecule has 62 valence electrons. The summed E-state index contributed by atoms with van der Waals surface area (Å²) >= 11 is 1.66. The highest BCUT2D eigenvalue weighted by molar-refractivity contribution is 7.17. The van der Waals surface area contributed by atoms with Crippen molar-refractivity contribution in [1.82, 2.24) is 9.97 Å². The van der Waals surface area contributed by atoms with Crippen molar-refractivity contribution in [3.63, 3.8) is 0 Å². The molecule has 0 saturated heterocycles. The maximum absolute atomic E-state index is 4.30. The molecule has 0 atom stereocenters. The summed E-state index contributed by atoms with van der Waals surface area (Å²) in [6.07, 6.45) is 0. The highest BCUT2D eigenvalue weighted by atomic mass is 32.1. The quantitative estimate of drug-likeness (QED) is 0.728. The number of hydrogen-bond acceptors (Lipinski definition) is 4. The zero-order chi connectivity index (χ0) is 8.55. The monoisotopic (exact) mass is 179 g/mol. The minimum atomic E-state index is 0.810. The summed E-state index contributed by atoms with van der Waals surface area (Å²) in [4.78, 5) is 8.58. The molecule has 0 aromatic carbocycles. The Morgan fingerprint density at radius 1 is 1.42 bits per heavy atom. The van der Waals surface area contributed by atoms with Crippen LogP contribution < -0.4 is 5.32 Å². The van der Waals surface area contributed by atoms with Gasteiger partial charge in [-0.1, -0.05) is 0 Å². The van der Waals surface area contributed by atoms with Crippen molar-refractivity contribution in [3.05, 3.63) is 17.3 Å². The van der Waals surface area contributed by atoms with Crippen molar-refractivity contribution in [2.24, 2.45) is 0 Å². The molecule has 0 amide bonds. The van der Waals surface area contributed by atoms with Crippen LogP contribution in [-0.4, -0.2) is 17.0 Å². The molecule has 4 heteroatoms. The predicted octanol–water partition coefficient (Wildman–Crippen LogP) is 2.04. The van der Waals surface area contributed by atoms with E-state index < -0.39 is 0 Å². The van der Waals surface area contributed by atoms with Crippen LogP contribution in [0.5, 0.6) is 0 Å². The predicted molar refractivity (Wildman–Crippen MR) is 51.7 cm³/mol. The number of aryl methyl sites for hydroxylation is 1. The largest absolute Gasteiger partial charge is 0.372 e. The van der Waals surface area contributed by atoms with Gasteiger partial charge in [0.1, 0.15) is 11.6 Å². The first-order chi connectivity index (χ1) is 5.81. The van der Waals surface area contributed by atoms with Crippen LogP contribution in [0.15, 0.2) is 11.4 Å². The molecule has 12 heavy (non-hydrogen) atoms. The van der Waals surface area contributed by atoms with E-state index in [1.807, 2.05) is 25.4 Å². The Morgan fingerprint density at radius 3 is 3.00 bits per heavy atom. The Balaban J connectivity index is 2.80. The van der Waals surface area contributed by atoms with Crippen molar-refractivity contribution in [3.8, 4) is 0 Å². The number of rotatable bonds is 1. The molecule has 0 fully saturated rings. The fourth-order valence-corrected chi connectivity index (χ4v) is 1.98. The zero-order valence-corrected chi connectivity index (χ0v) is 7.77. The molecule has 0 aliphatic rings. The van der Waals surface area contributed by atoms with Gasteiger partial charge in [0, 0.05) is 7.05 Å². The number of anilines is 1.